The highest BCUT2D eigenvalue weighted by Crippen LogP contribution is 1.99. The van der Waals surface area contributed by atoms with Gasteiger partial charge >= 0.3 is 0 Å². The van der Waals surface area contributed by atoms with Crippen molar-refractivity contribution in [3.8, 4) is 0 Å². The predicted molar refractivity (Wildman–Crippen MR) is 49.6 cm³/mol. The molecule has 0 saturated carbocycles. The Morgan fingerprint density at radius 1 is 1.79 bits per heavy atom. The summed E-state index contributed by atoms with van der Waals surface area (Å²) in [5.41, 5.74) is 0.290. The summed E-state index contributed by atoms with van der Waals surface area (Å²) in [6.07, 6.45) is 1.53. The fourth-order valence-electron chi connectivity index (χ4n) is 0.982. The van der Waals surface area contributed by atoms with E-state index >= 15 is 0 Å². The molecule has 6 heteroatoms. The molecule has 0 spiro atoms. The number of aromatic amines is 1. The number of aliphatic hydroxyl groups excluding tert-OH is 1. The Hall–Kier alpha value is -1.43. The van der Waals surface area contributed by atoms with Crippen LogP contribution in [0.5, 0.6) is 0 Å². The second-order valence-electron chi connectivity index (χ2n) is 3.22. The molecule has 1 atom stereocenters. The Morgan fingerprint density at radius 3 is 3.00 bits per heavy atom. The van der Waals surface area contributed by atoms with Crippen LogP contribution in [0.25, 0.3) is 0 Å². The van der Waals surface area contributed by atoms with Crippen LogP contribution in [-0.4, -0.2) is 51.0 Å². The van der Waals surface area contributed by atoms with Gasteiger partial charge in [-0.1, -0.05) is 0 Å². The molecule has 0 aromatic carbocycles. The first kappa shape index (κ1) is 10.6. The molecule has 1 aromatic heterocycles. The Labute approximate surface area is 81.9 Å². The average Bonchev–Trinajstić information content (AvgIpc) is 2.65. The van der Waals surface area contributed by atoms with Gasteiger partial charge in [0.1, 0.15) is 0 Å². The number of amides is 1. The third-order valence-corrected chi connectivity index (χ3v) is 1.86. The van der Waals surface area contributed by atoms with Gasteiger partial charge in [-0.05, 0) is 13.3 Å². The summed E-state index contributed by atoms with van der Waals surface area (Å²) < 4.78 is 0. The molecule has 0 aliphatic rings. The van der Waals surface area contributed by atoms with Gasteiger partial charge in [-0.2, -0.15) is 15.4 Å². The molecule has 78 valence electrons. The van der Waals surface area contributed by atoms with Crippen LogP contribution in [0, 0.1) is 0 Å². The molecule has 1 rings (SSSR count). The van der Waals surface area contributed by atoms with Gasteiger partial charge in [0.15, 0.2) is 5.69 Å². The van der Waals surface area contributed by atoms with Crippen LogP contribution in [0.2, 0.25) is 0 Å². The molecular formula is C8H14N4O2. The lowest BCUT2D eigenvalue weighted by Crippen LogP contribution is -2.29. The number of hydrogen-bond acceptors (Lipinski definition) is 4. The first-order chi connectivity index (χ1) is 6.61. The summed E-state index contributed by atoms with van der Waals surface area (Å²) in [6.45, 7) is 2.19. The molecule has 0 fully saturated rings. The standard InChI is InChI=1S/C8H14N4O2/c1-6(13)3-4-12(2)8(14)7-5-9-11-10-7/h5-6,13H,3-4H2,1-2H3,(H,9,10,11). The van der Waals surface area contributed by atoms with Crippen molar-refractivity contribution in [1.29, 1.82) is 0 Å². The molecule has 14 heavy (non-hydrogen) atoms. The molecule has 0 radical (unpaired) electrons. The number of hydrogen-bond donors (Lipinski definition) is 2. The minimum absolute atomic E-state index is 0.195. The van der Waals surface area contributed by atoms with Gasteiger partial charge in [-0.15, -0.1) is 0 Å². The van der Waals surface area contributed by atoms with Crippen molar-refractivity contribution in [3.05, 3.63) is 11.9 Å². The fourth-order valence-corrected chi connectivity index (χ4v) is 0.982. The highest BCUT2D eigenvalue weighted by molar-refractivity contribution is 5.91. The lowest BCUT2D eigenvalue weighted by Gasteiger charge is -2.16. The van der Waals surface area contributed by atoms with Crippen LogP contribution in [0.4, 0.5) is 0 Å². The van der Waals surface area contributed by atoms with Crippen LogP contribution in [0.1, 0.15) is 23.8 Å². The number of nitrogens with one attached hydrogen (secondary N) is 1. The minimum atomic E-state index is -0.400. The Morgan fingerprint density at radius 2 is 2.50 bits per heavy atom. The van der Waals surface area contributed by atoms with Gasteiger partial charge in [-0.3, -0.25) is 4.79 Å². The van der Waals surface area contributed by atoms with Crippen molar-refractivity contribution in [3.63, 3.8) is 0 Å². The van der Waals surface area contributed by atoms with Gasteiger partial charge in [0.05, 0.1) is 12.3 Å². The minimum Gasteiger partial charge on any atom is -0.393 e. The van der Waals surface area contributed by atoms with E-state index in [4.69, 9.17) is 5.11 Å². The summed E-state index contributed by atoms with van der Waals surface area (Å²) in [6, 6.07) is 0. The maximum atomic E-state index is 11.5. The van der Waals surface area contributed by atoms with E-state index in [1.165, 1.54) is 11.1 Å². The van der Waals surface area contributed by atoms with Gasteiger partial charge in [0.25, 0.3) is 5.91 Å². The maximum absolute atomic E-state index is 11.5. The van der Waals surface area contributed by atoms with Crippen molar-refractivity contribution in [2.45, 2.75) is 19.4 Å². The Bertz CT molecular complexity index is 284. The fraction of sp³-hybridized carbons (Fsp3) is 0.625. The lowest BCUT2D eigenvalue weighted by atomic mass is 10.2. The molecule has 0 aliphatic carbocycles. The summed E-state index contributed by atoms with van der Waals surface area (Å²) in [5.74, 6) is -0.195. The maximum Gasteiger partial charge on any atom is 0.275 e. The molecule has 1 aromatic rings. The Balaban J connectivity index is 2.45. The van der Waals surface area contributed by atoms with Crippen LogP contribution < -0.4 is 0 Å². The van der Waals surface area contributed by atoms with Crippen LogP contribution in [0.3, 0.4) is 0 Å². The van der Waals surface area contributed by atoms with E-state index in [9.17, 15) is 4.79 Å². The van der Waals surface area contributed by atoms with E-state index in [2.05, 4.69) is 15.4 Å². The average molecular weight is 198 g/mol. The summed E-state index contributed by atoms with van der Waals surface area (Å²) in [4.78, 5) is 13.0. The molecule has 0 saturated heterocycles. The zero-order chi connectivity index (χ0) is 10.6. The van der Waals surface area contributed by atoms with E-state index in [0.717, 1.165) is 0 Å². The zero-order valence-electron chi connectivity index (χ0n) is 8.27. The van der Waals surface area contributed by atoms with Gasteiger partial charge in [0, 0.05) is 13.6 Å². The van der Waals surface area contributed by atoms with E-state index in [1.807, 2.05) is 0 Å². The number of H-pyrrole nitrogens is 1. The van der Waals surface area contributed by atoms with Crippen molar-refractivity contribution >= 4 is 5.91 Å². The predicted octanol–water partition coefficient (Wildman–Crippen LogP) is -0.352. The van der Waals surface area contributed by atoms with E-state index < -0.39 is 6.10 Å². The van der Waals surface area contributed by atoms with Crippen molar-refractivity contribution in [1.82, 2.24) is 20.3 Å². The molecule has 0 bridgehead atoms. The molecule has 1 unspecified atom stereocenters. The molecule has 6 nitrogen and oxygen atoms in total. The molecule has 0 aliphatic heterocycles. The molecular weight excluding hydrogens is 184 g/mol. The summed E-state index contributed by atoms with van der Waals surface area (Å²) in [5, 5.41) is 18.6. The quantitative estimate of drug-likeness (QED) is 0.692. The largest absolute Gasteiger partial charge is 0.393 e. The van der Waals surface area contributed by atoms with Crippen molar-refractivity contribution < 1.29 is 9.90 Å². The van der Waals surface area contributed by atoms with Crippen molar-refractivity contribution in [2.24, 2.45) is 0 Å². The van der Waals surface area contributed by atoms with Gasteiger partial charge in [0.2, 0.25) is 0 Å². The van der Waals surface area contributed by atoms with Crippen LogP contribution in [0.15, 0.2) is 6.20 Å². The monoisotopic (exact) mass is 198 g/mol. The second-order valence-corrected chi connectivity index (χ2v) is 3.22. The van der Waals surface area contributed by atoms with E-state index in [-0.39, 0.29) is 11.6 Å². The Kier molecular flexibility index (Phi) is 3.58. The van der Waals surface area contributed by atoms with Crippen molar-refractivity contribution in [2.75, 3.05) is 13.6 Å². The molecule has 1 amide bonds. The SMILES string of the molecule is CC(O)CCN(C)C(=O)c1cn[nH]n1. The second kappa shape index (κ2) is 4.71. The highest BCUT2D eigenvalue weighted by atomic mass is 16.3. The number of aliphatic hydroxyl groups is 1. The topological polar surface area (TPSA) is 82.1 Å². The number of aromatic nitrogens is 3. The van der Waals surface area contributed by atoms with Gasteiger partial charge < -0.3 is 10.0 Å². The zero-order valence-corrected chi connectivity index (χ0v) is 8.27. The number of carbonyl (C=O) groups is 1. The molecule has 2 N–H and O–H groups in total. The first-order valence-electron chi connectivity index (χ1n) is 4.40. The lowest BCUT2D eigenvalue weighted by molar-refractivity contribution is 0.0763. The highest BCUT2D eigenvalue weighted by Gasteiger charge is 2.14. The number of carbonyl (C=O) groups excluding carboxylic acids is 1. The summed E-state index contributed by atoms with van der Waals surface area (Å²) in [7, 11) is 1.67. The van der Waals surface area contributed by atoms with Crippen LogP contribution in [-0.2, 0) is 0 Å². The first-order valence-corrected chi connectivity index (χ1v) is 4.40. The van der Waals surface area contributed by atoms with E-state index in [0.29, 0.717) is 13.0 Å². The smallest absolute Gasteiger partial charge is 0.275 e. The summed E-state index contributed by atoms with van der Waals surface area (Å²) >= 11 is 0. The third kappa shape index (κ3) is 2.81. The number of rotatable bonds is 4. The van der Waals surface area contributed by atoms with E-state index in [1.54, 1.807) is 14.0 Å². The van der Waals surface area contributed by atoms with Crippen LogP contribution >= 0.6 is 0 Å². The normalized spacial score (nSPS) is 12.5. The number of nitrogens with zero attached hydrogens (tertiary/aromatic N) is 3. The molecule has 1 heterocycles. The van der Waals surface area contributed by atoms with Gasteiger partial charge in [-0.25, -0.2) is 0 Å². The third-order valence-electron chi connectivity index (χ3n) is 1.86.